The molecule has 1 saturated heterocycles. The third-order valence-corrected chi connectivity index (χ3v) is 7.77. The Labute approximate surface area is 177 Å². The predicted octanol–water partition coefficient (Wildman–Crippen LogP) is 5.50. The fraction of sp³-hybridized carbons (Fsp3) is 0.667. The van der Waals surface area contributed by atoms with E-state index >= 15 is 0 Å². The van der Waals surface area contributed by atoms with Crippen LogP contribution in [0.4, 0.5) is 0 Å². The Hall–Kier alpha value is -0.420. The molecule has 1 aliphatic carbocycles. The number of carbonyl (C=O) groups is 1. The highest BCUT2D eigenvalue weighted by molar-refractivity contribution is 7.99. The van der Waals surface area contributed by atoms with Crippen LogP contribution in [0.2, 0.25) is 10.0 Å². The van der Waals surface area contributed by atoms with Gasteiger partial charge in [-0.05, 0) is 80.8 Å². The minimum absolute atomic E-state index is 0.100. The van der Waals surface area contributed by atoms with Gasteiger partial charge in [0.2, 0.25) is 0 Å². The van der Waals surface area contributed by atoms with Gasteiger partial charge in [0.25, 0.3) is 5.91 Å². The van der Waals surface area contributed by atoms with Crippen molar-refractivity contribution in [2.24, 2.45) is 5.92 Å². The van der Waals surface area contributed by atoms with Gasteiger partial charge in [0, 0.05) is 17.1 Å². The lowest BCUT2D eigenvalue weighted by molar-refractivity contribution is -0.0272. The highest BCUT2D eigenvalue weighted by atomic mass is 35.5. The lowest BCUT2D eigenvalue weighted by Crippen LogP contribution is -2.64. The van der Waals surface area contributed by atoms with E-state index in [1.807, 2.05) is 0 Å². The topological polar surface area (TPSA) is 32.3 Å². The van der Waals surface area contributed by atoms with Crippen LogP contribution in [-0.2, 0) is 0 Å². The van der Waals surface area contributed by atoms with Gasteiger partial charge in [0.05, 0.1) is 10.6 Å². The molecule has 0 atom stereocenters. The van der Waals surface area contributed by atoms with Crippen LogP contribution in [0.1, 0.15) is 55.8 Å². The molecule has 1 heterocycles. The summed E-state index contributed by atoms with van der Waals surface area (Å²) in [6.07, 6.45) is 7.50. The Kier molecular flexibility index (Phi) is 7.78. The molecule has 1 aliphatic heterocycles. The Morgan fingerprint density at radius 2 is 2.00 bits per heavy atom. The van der Waals surface area contributed by atoms with E-state index in [2.05, 4.69) is 28.9 Å². The zero-order valence-corrected chi connectivity index (χ0v) is 18.4. The zero-order chi connectivity index (χ0) is 19.3. The van der Waals surface area contributed by atoms with Crippen molar-refractivity contribution < 1.29 is 4.79 Å². The summed E-state index contributed by atoms with van der Waals surface area (Å²) in [6, 6.07) is 5.05. The van der Waals surface area contributed by atoms with Crippen molar-refractivity contribution in [1.29, 1.82) is 0 Å². The molecule has 1 aromatic rings. The first-order valence-corrected chi connectivity index (χ1v) is 12.0. The van der Waals surface area contributed by atoms with Crippen LogP contribution in [0.15, 0.2) is 18.2 Å². The molecule has 2 fully saturated rings. The normalized spacial score (nSPS) is 25.8. The van der Waals surface area contributed by atoms with Gasteiger partial charge in [-0.15, -0.1) is 0 Å². The fourth-order valence-corrected chi connectivity index (χ4v) is 5.94. The summed E-state index contributed by atoms with van der Waals surface area (Å²) in [5, 5.41) is 4.13. The van der Waals surface area contributed by atoms with Crippen LogP contribution < -0.4 is 5.32 Å². The molecule has 0 radical (unpaired) electrons. The Balaban J connectivity index is 1.61. The van der Waals surface area contributed by atoms with E-state index in [4.69, 9.17) is 23.2 Å². The van der Waals surface area contributed by atoms with Crippen molar-refractivity contribution >= 4 is 40.9 Å². The third kappa shape index (κ3) is 5.35. The molecular weight excluding hydrogens is 399 g/mol. The molecule has 2 aliphatic rings. The predicted molar refractivity (Wildman–Crippen MR) is 117 cm³/mol. The summed E-state index contributed by atoms with van der Waals surface area (Å²) < 4.78 is 0. The van der Waals surface area contributed by atoms with Crippen LogP contribution >= 0.6 is 35.0 Å². The second-order valence-corrected chi connectivity index (χ2v) is 9.92. The van der Waals surface area contributed by atoms with Crippen LogP contribution in [0.5, 0.6) is 0 Å². The SMILES string of the molecule is CCCSCC1CC(CNC(=O)c2ccc(Cl)cc2Cl)(N2CCCCC2)C1. The van der Waals surface area contributed by atoms with Crippen LogP contribution in [0.3, 0.4) is 0 Å². The number of likely N-dealkylation sites (tertiary alicyclic amines) is 1. The summed E-state index contributed by atoms with van der Waals surface area (Å²) in [6.45, 7) is 5.27. The van der Waals surface area contributed by atoms with E-state index in [1.54, 1.807) is 18.2 Å². The molecule has 6 heteroatoms. The van der Waals surface area contributed by atoms with E-state index in [-0.39, 0.29) is 11.4 Å². The van der Waals surface area contributed by atoms with Crippen molar-refractivity contribution in [1.82, 2.24) is 10.2 Å². The van der Waals surface area contributed by atoms with E-state index in [0.29, 0.717) is 22.2 Å². The van der Waals surface area contributed by atoms with Crippen LogP contribution in [-0.4, -0.2) is 47.5 Å². The number of piperidine rings is 1. The summed E-state index contributed by atoms with van der Waals surface area (Å²) in [7, 11) is 0. The molecule has 1 aromatic carbocycles. The van der Waals surface area contributed by atoms with Gasteiger partial charge in [-0.2, -0.15) is 11.8 Å². The molecule has 1 N–H and O–H groups in total. The molecule has 150 valence electrons. The first-order valence-electron chi connectivity index (χ1n) is 10.1. The number of hydrogen-bond donors (Lipinski definition) is 1. The molecule has 0 bridgehead atoms. The minimum Gasteiger partial charge on any atom is -0.350 e. The van der Waals surface area contributed by atoms with Crippen LogP contribution in [0, 0.1) is 5.92 Å². The zero-order valence-electron chi connectivity index (χ0n) is 16.1. The number of nitrogens with one attached hydrogen (secondary N) is 1. The van der Waals surface area contributed by atoms with E-state index < -0.39 is 0 Å². The van der Waals surface area contributed by atoms with Gasteiger partial charge >= 0.3 is 0 Å². The fourth-order valence-electron chi connectivity index (χ4n) is 4.42. The highest BCUT2D eigenvalue weighted by Crippen LogP contribution is 2.44. The molecule has 0 spiro atoms. The van der Waals surface area contributed by atoms with Gasteiger partial charge in [-0.1, -0.05) is 36.5 Å². The number of hydrogen-bond acceptors (Lipinski definition) is 3. The Morgan fingerprint density at radius 1 is 1.26 bits per heavy atom. The summed E-state index contributed by atoms with van der Waals surface area (Å²) in [4.78, 5) is 15.3. The third-order valence-electron chi connectivity index (χ3n) is 5.82. The average molecular weight is 429 g/mol. The second-order valence-electron chi connectivity index (χ2n) is 7.93. The largest absolute Gasteiger partial charge is 0.350 e. The Morgan fingerprint density at radius 3 is 2.67 bits per heavy atom. The number of benzene rings is 1. The van der Waals surface area contributed by atoms with Crippen molar-refractivity contribution in [2.75, 3.05) is 31.1 Å². The quantitative estimate of drug-likeness (QED) is 0.554. The van der Waals surface area contributed by atoms with Gasteiger partial charge < -0.3 is 5.32 Å². The lowest BCUT2D eigenvalue weighted by Gasteiger charge is -2.55. The number of thioether (sulfide) groups is 1. The number of amides is 1. The molecule has 27 heavy (non-hydrogen) atoms. The van der Waals surface area contributed by atoms with Gasteiger partial charge in [-0.3, -0.25) is 9.69 Å². The number of halogens is 2. The maximum Gasteiger partial charge on any atom is 0.252 e. The van der Waals surface area contributed by atoms with E-state index in [1.165, 1.54) is 50.0 Å². The molecule has 0 unspecified atom stereocenters. The minimum atomic E-state index is -0.100. The average Bonchev–Trinajstić information content (AvgIpc) is 2.63. The standard InChI is InChI=1S/C21H30Cl2N2OS/c1-2-10-27-14-16-12-21(13-16,25-8-4-3-5-9-25)15-24-20(26)18-7-6-17(22)11-19(18)23/h6-7,11,16H,2-5,8-10,12-15H2,1H3,(H,24,26). The first-order chi connectivity index (χ1) is 13.0. The van der Waals surface area contributed by atoms with Gasteiger partial charge in [0.15, 0.2) is 0 Å². The monoisotopic (exact) mass is 428 g/mol. The maximum atomic E-state index is 12.7. The Bertz CT molecular complexity index is 643. The van der Waals surface area contributed by atoms with Gasteiger partial charge in [-0.25, -0.2) is 0 Å². The second kappa shape index (κ2) is 9.87. The number of rotatable bonds is 8. The number of carbonyl (C=O) groups excluding carboxylic acids is 1. The van der Waals surface area contributed by atoms with Gasteiger partial charge in [0.1, 0.15) is 0 Å². The van der Waals surface area contributed by atoms with Crippen molar-refractivity contribution in [3.63, 3.8) is 0 Å². The van der Waals surface area contributed by atoms with E-state index in [9.17, 15) is 4.79 Å². The first kappa shape index (κ1) is 21.3. The van der Waals surface area contributed by atoms with Crippen LogP contribution in [0.25, 0.3) is 0 Å². The lowest BCUT2D eigenvalue weighted by atomic mass is 9.67. The molecular formula is C21H30Cl2N2OS. The number of nitrogens with zero attached hydrogens (tertiary/aromatic N) is 1. The van der Waals surface area contributed by atoms with E-state index in [0.717, 1.165) is 19.0 Å². The summed E-state index contributed by atoms with van der Waals surface area (Å²) >= 11 is 14.2. The summed E-state index contributed by atoms with van der Waals surface area (Å²) in [5.74, 6) is 3.18. The maximum absolute atomic E-state index is 12.7. The van der Waals surface area contributed by atoms with Crippen molar-refractivity contribution in [3.05, 3.63) is 33.8 Å². The summed E-state index contributed by atoms with van der Waals surface area (Å²) in [5.41, 5.74) is 0.635. The molecule has 0 aromatic heterocycles. The smallest absolute Gasteiger partial charge is 0.252 e. The molecule has 3 nitrogen and oxygen atoms in total. The van der Waals surface area contributed by atoms with Crippen molar-refractivity contribution in [3.8, 4) is 0 Å². The van der Waals surface area contributed by atoms with Crippen molar-refractivity contribution in [2.45, 2.75) is 51.0 Å². The molecule has 1 saturated carbocycles. The molecule has 1 amide bonds. The highest BCUT2D eigenvalue weighted by Gasteiger charge is 2.48. The molecule has 3 rings (SSSR count).